The molecule has 5 nitrogen and oxygen atoms in total. The fourth-order valence-electron chi connectivity index (χ4n) is 1.51. The molecule has 2 aromatic rings. The van der Waals surface area contributed by atoms with Crippen LogP contribution in [0.1, 0.15) is 15.9 Å². The van der Waals surface area contributed by atoms with E-state index in [-0.39, 0.29) is 17.9 Å². The van der Waals surface area contributed by atoms with Crippen molar-refractivity contribution in [3.63, 3.8) is 0 Å². The van der Waals surface area contributed by atoms with Gasteiger partial charge in [-0.1, -0.05) is 0 Å². The Balaban J connectivity index is 2.03. The van der Waals surface area contributed by atoms with Crippen LogP contribution in [-0.2, 0) is 18.4 Å². The molecule has 2 rings (SSSR count). The molecule has 0 aliphatic rings. The largest absolute Gasteiger partial charge is 0.457 e. The van der Waals surface area contributed by atoms with Crippen molar-refractivity contribution >= 4 is 11.7 Å². The van der Waals surface area contributed by atoms with Crippen LogP contribution in [0.5, 0.6) is 0 Å². The van der Waals surface area contributed by atoms with Crippen molar-refractivity contribution in [3.05, 3.63) is 47.5 Å². The van der Waals surface area contributed by atoms with E-state index in [1.54, 1.807) is 24.1 Å². The molecular weight excluding hydrogens is 237 g/mol. The third-order valence-electron chi connectivity index (χ3n) is 2.28. The molecule has 0 saturated heterocycles. The third kappa shape index (κ3) is 2.85. The average molecular weight is 249 g/mol. The lowest BCUT2D eigenvalue weighted by Gasteiger charge is -2.04. The Labute approximate surface area is 103 Å². The Morgan fingerprint density at radius 3 is 2.89 bits per heavy atom. The summed E-state index contributed by atoms with van der Waals surface area (Å²) >= 11 is 0. The first-order valence-corrected chi connectivity index (χ1v) is 5.25. The van der Waals surface area contributed by atoms with Gasteiger partial charge in [-0.05, 0) is 18.2 Å². The second-order valence-corrected chi connectivity index (χ2v) is 3.87. The van der Waals surface area contributed by atoms with E-state index in [0.29, 0.717) is 0 Å². The van der Waals surface area contributed by atoms with E-state index in [2.05, 4.69) is 5.10 Å². The molecule has 0 bridgehead atoms. The van der Waals surface area contributed by atoms with Crippen LogP contribution in [0.3, 0.4) is 0 Å². The monoisotopic (exact) mass is 249 g/mol. The van der Waals surface area contributed by atoms with E-state index in [0.717, 1.165) is 17.7 Å². The minimum atomic E-state index is -0.620. The first-order valence-electron chi connectivity index (χ1n) is 5.25. The smallest absolute Gasteiger partial charge is 0.338 e. The number of nitrogens with two attached hydrogens (primary N) is 1. The van der Waals surface area contributed by atoms with Crippen molar-refractivity contribution in [2.45, 2.75) is 6.61 Å². The molecule has 0 aliphatic heterocycles. The number of aryl methyl sites for hydroxylation is 1. The van der Waals surface area contributed by atoms with Crippen molar-refractivity contribution in [2.75, 3.05) is 5.73 Å². The van der Waals surface area contributed by atoms with Gasteiger partial charge in [-0.3, -0.25) is 4.68 Å². The maximum atomic E-state index is 13.1. The maximum Gasteiger partial charge on any atom is 0.338 e. The van der Waals surface area contributed by atoms with Gasteiger partial charge in [0.1, 0.15) is 12.4 Å². The highest BCUT2D eigenvalue weighted by molar-refractivity contribution is 5.90. The Morgan fingerprint density at radius 2 is 2.28 bits per heavy atom. The van der Waals surface area contributed by atoms with Crippen LogP contribution >= 0.6 is 0 Å². The second-order valence-electron chi connectivity index (χ2n) is 3.87. The van der Waals surface area contributed by atoms with Gasteiger partial charge in [-0.2, -0.15) is 5.10 Å². The summed E-state index contributed by atoms with van der Waals surface area (Å²) < 4.78 is 19.7. The van der Waals surface area contributed by atoms with Gasteiger partial charge in [0, 0.05) is 24.5 Å². The molecule has 0 atom stereocenters. The van der Waals surface area contributed by atoms with E-state index in [1.165, 1.54) is 6.07 Å². The number of rotatable bonds is 3. The van der Waals surface area contributed by atoms with Gasteiger partial charge < -0.3 is 10.5 Å². The fraction of sp³-hybridized carbons (Fsp3) is 0.167. The molecule has 94 valence electrons. The number of nitrogen functional groups attached to an aromatic ring is 1. The first kappa shape index (κ1) is 12.1. The van der Waals surface area contributed by atoms with Crippen LogP contribution in [0.25, 0.3) is 0 Å². The quantitative estimate of drug-likeness (QED) is 0.661. The van der Waals surface area contributed by atoms with Crippen molar-refractivity contribution < 1.29 is 13.9 Å². The van der Waals surface area contributed by atoms with Crippen LogP contribution in [0.15, 0.2) is 30.6 Å². The molecule has 0 saturated carbocycles. The molecule has 2 N–H and O–H groups in total. The number of aromatic nitrogens is 2. The average Bonchev–Trinajstić information content (AvgIpc) is 2.70. The van der Waals surface area contributed by atoms with Crippen LogP contribution < -0.4 is 5.73 Å². The lowest BCUT2D eigenvalue weighted by molar-refractivity contribution is 0.0472. The number of anilines is 1. The van der Waals surface area contributed by atoms with Crippen LogP contribution in [0.4, 0.5) is 10.1 Å². The van der Waals surface area contributed by atoms with E-state index in [9.17, 15) is 9.18 Å². The van der Waals surface area contributed by atoms with Crippen LogP contribution in [0.2, 0.25) is 0 Å². The molecule has 0 amide bonds. The van der Waals surface area contributed by atoms with Gasteiger partial charge in [-0.15, -0.1) is 0 Å². The zero-order valence-electron chi connectivity index (χ0n) is 9.76. The topological polar surface area (TPSA) is 70.1 Å². The SMILES string of the molecule is Cn1cc(COC(=O)c2cc(N)cc(F)c2)cn1. The Kier molecular flexibility index (Phi) is 3.27. The van der Waals surface area contributed by atoms with Crippen molar-refractivity contribution in [1.29, 1.82) is 0 Å². The maximum absolute atomic E-state index is 13.1. The number of halogens is 1. The fourth-order valence-corrected chi connectivity index (χ4v) is 1.51. The van der Waals surface area contributed by atoms with E-state index in [1.807, 2.05) is 0 Å². The van der Waals surface area contributed by atoms with Crippen LogP contribution in [-0.4, -0.2) is 15.7 Å². The number of nitrogens with zero attached hydrogens (tertiary/aromatic N) is 2. The molecule has 18 heavy (non-hydrogen) atoms. The number of hydrogen-bond donors (Lipinski definition) is 1. The third-order valence-corrected chi connectivity index (χ3v) is 2.28. The Hall–Kier alpha value is -2.37. The molecule has 6 heteroatoms. The molecule has 0 spiro atoms. The minimum absolute atomic E-state index is 0.0864. The van der Waals surface area contributed by atoms with Gasteiger partial charge in [-0.25, -0.2) is 9.18 Å². The Bertz CT molecular complexity index is 560. The molecule has 0 fully saturated rings. The predicted molar refractivity (Wildman–Crippen MR) is 63.1 cm³/mol. The molecule has 1 aromatic heterocycles. The van der Waals surface area contributed by atoms with Crippen LogP contribution in [0, 0.1) is 5.82 Å². The number of hydrogen-bond acceptors (Lipinski definition) is 4. The van der Waals surface area contributed by atoms with E-state index >= 15 is 0 Å². The summed E-state index contributed by atoms with van der Waals surface area (Å²) in [6, 6.07) is 3.59. The summed E-state index contributed by atoms with van der Waals surface area (Å²) in [6.07, 6.45) is 3.32. The van der Waals surface area contributed by atoms with Crippen molar-refractivity contribution in [1.82, 2.24) is 9.78 Å². The van der Waals surface area contributed by atoms with Gasteiger partial charge in [0.15, 0.2) is 0 Å². The lowest BCUT2D eigenvalue weighted by atomic mass is 10.2. The number of esters is 1. The summed E-state index contributed by atoms with van der Waals surface area (Å²) in [5.41, 5.74) is 6.48. The molecule has 0 aliphatic carbocycles. The summed E-state index contributed by atoms with van der Waals surface area (Å²) in [7, 11) is 1.76. The molecule has 0 radical (unpaired) electrons. The van der Waals surface area contributed by atoms with Crippen molar-refractivity contribution in [2.24, 2.45) is 7.05 Å². The second kappa shape index (κ2) is 4.87. The summed E-state index contributed by atoms with van der Waals surface area (Å²) in [6.45, 7) is 0.0864. The molecular formula is C12H12FN3O2. The summed E-state index contributed by atoms with van der Waals surface area (Å²) in [5.74, 6) is -1.19. The van der Waals surface area contributed by atoms with Crippen molar-refractivity contribution in [3.8, 4) is 0 Å². The normalized spacial score (nSPS) is 10.3. The van der Waals surface area contributed by atoms with Gasteiger partial charge in [0.05, 0.1) is 11.8 Å². The molecule has 0 unspecified atom stereocenters. The summed E-state index contributed by atoms with van der Waals surface area (Å²) in [4.78, 5) is 11.7. The highest BCUT2D eigenvalue weighted by Gasteiger charge is 2.10. The van der Waals surface area contributed by atoms with E-state index < -0.39 is 11.8 Å². The standard InChI is InChI=1S/C12H12FN3O2/c1-16-6-8(5-15-16)7-18-12(17)9-2-10(13)4-11(14)3-9/h2-6H,7,14H2,1H3. The zero-order chi connectivity index (χ0) is 13.1. The number of benzene rings is 1. The highest BCUT2D eigenvalue weighted by Crippen LogP contribution is 2.12. The lowest BCUT2D eigenvalue weighted by Crippen LogP contribution is -2.06. The van der Waals surface area contributed by atoms with E-state index in [4.69, 9.17) is 10.5 Å². The van der Waals surface area contributed by atoms with Gasteiger partial charge in [0.25, 0.3) is 0 Å². The summed E-state index contributed by atoms with van der Waals surface area (Å²) in [5, 5.41) is 3.94. The number of carbonyl (C=O) groups is 1. The zero-order valence-corrected chi connectivity index (χ0v) is 9.76. The van der Waals surface area contributed by atoms with Gasteiger partial charge in [0.2, 0.25) is 0 Å². The predicted octanol–water partition coefficient (Wildman–Crippen LogP) is 1.50. The molecule has 1 aromatic carbocycles. The first-order chi connectivity index (χ1) is 8.54. The number of ether oxygens (including phenoxy) is 1. The van der Waals surface area contributed by atoms with Gasteiger partial charge >= 0.3 is 5.97 Å². The minimum Gasteiger partial charge on any atom is -0.457 e. The number of carbonyl (C=O) groups excluding carboxylic acids is 1. The molecule has 1 heterocycles. The Morgan fingerprint density at radius 1 is 1.50 bits per heavy atom. The highest BCUT2D eigenvalue weighted by atomic mass is 19.1.